The van der Waals surface area contributed by atoms with Crippen LogP contribution in [0.25, 0.3) is 0 Å². The summed E-state index contributed by atoms with van der Waals surface area (Å²) in [6.07, 6.45) is 22.7. The number of methoxy groups -OCH3 is 1. The van der Waals surface area contributed by atoms with Gasteiger partial charge in [0.25, 0.3) is 0 Å². The van der Waals surface area contributed by atoms with Gasteiger partial charge in [0.05, 0.1) is 26.4 Å². The number of hydrogen-bond acceptors (Lipinski definition) is 5. The van der Waals surface area contributed by atoms with E-state index in [0.717, 1.165) is 44.7 Å². The Hall–Kier alpha value is -0.650. The zero-order chi connectivity index (χ0) is 25.6. The van der Waals surface area contributed by atoms with Gasteiger partial charge in [-0.2, -0.15) is 0 Å². The first kappa shape index (κ1) is 32.4. The Labute approximate surface area is 218 Å². The second kappa shape index (κ2) is 22.5. The Morgan fingerprint density at radius 1 is 0.743 bits per heavy atom. The Morgan fingerprint density at radius 2 is 1.23 bits per heavy atom. The lowest BCUT2D eigenvalue weighted by Gasteiger charge is -2.24. The molecule has 0 heterocycles. The zero-order valence-corrected chi connectivity index (χ0v) is 23.9. The van der Waals surface area contributed by atoms with Crippen molar-refractivity contribution in [2.75, 3.05) is 47.6 Å². The molecule has 3 atom stereocenters. The van der Waals surface area contributed by atoms with E-state index in [-0.39, 0.29) is 5.97 Å². The third kappa shape index (κ3) is 19.2. The molecular formula is C30H59NO4. The third-order valence-corrected chi connectivity index (χ3v) is 7.61. The van der Waals surface area contributed by atoms with E-state index in [4.69, 9.17) is 14.2 Å². The summed E-state index contributed by atoms with van der Waals surface area (Å²) in [5.41, 5.74) is 0. The van der Waals surface area contributed by atoms with Gasteiger partial charge < -0.3 is 19.1 Å². The van der Waals surface area contributed by atoms with Crippen molar-refractivity contribution in [3.63, 3.8) is 0 Å². The summed E-state index contributed by atoms with van der Waals surface area (Å²) in [5, 5.41) is 0. The summed E-state index contributed by atoms with van der Waals surface area (Å²) < 4.78 is 16.6. The number of carbonyl (C=O) groups is 1. The monoisotopic (exact) mass is 497 g/mol. The standard InChI is InChI=1S/C30H59NO4/c1-5-6-7-11-17-22-34-25-29(31(2)3)26-35-23-18-12-9-8-10-14-19-27-24-28(27)20-15-13-16-21-30(32)33-4/h27-29H,5-26H2,1-4H3. The summed E-state index contributed by atoms with van der Waals surface area (Å²) >= 11 is 0. The molecule has 0 aromatic carbocycles. The van der Waals surface area contributed by atoms with Crippen LogP contribution in [0.4, 0.5) is 0 Å². The van der Waals surface area contributed by atoms with Crippen molar-refractivity contribution in [3.05, 3.63) is 0 Å². The molecule has 208 valence electrons. The van der Waals surface area contributed by atoms with Gasteiger partial charge in [-0.3, -0.25) is 4.79 Å². The highest BCUT2D eigenvalue weighted by Gasteiger charge is 2.35. The highest BCUT2D eigenvalue weighted by molar-refractivity contribution is 5.68. The van der Waals surface area contributed by atoms with Gasteiger partial charge in [-0.15, -0.1) is 0 Å². The van der Waals surface area contributed by atoms with Crippen LogP contribution in [0, 0.1) is 11.8 Å². The van der Waals surface area contributed by atoms with Gasteiger partial charge in [0.2, 0.25) is 0 Å². The van der Waals surface area contributed by atoms with Crippen molar-refractivity contribution in [2.45, 2.75) is 129 Å². The third-order valence-electron chi connectivity index (χ3n) is 7.61. The number of nitrogens with zero attached hydrogens (tertiary/aromatic N) is 1. The molecule has 1 fully saturated rings. The van der Waals surface area contributed by atoms with E-state index >= 15 is 0 Å². The van der Waals surface area contributed by atoms with Gasteiger partial charge in [-0.1, -0.05) is 90.4 Å². The van der Waals surface area contributed by atoms with Crippen molar-refractivity contribution in [2.24, 2.45) is 11.8 Å². The zero-order valence-electron chi connectivity index (χ0n) is 23.9. The predicted molar refractivity (Wildman–Crippen MR) is 147 cm³/mol. The molecule has 35 heavy (non-hydrogen) atoms. The minimum absolute atomic E-state index is 0.0658. The minimum Gasteiger partial charge on any atom is -0.469 e. The Bertz CT molecular complexity index is 485. The van der Waals surface area contributed by atoms with Crippen molar-refractivity contribution >= 4 is 5.97 Å². The maximum Gasteiger partial charge on any atom is 0.305 e. The quantitative estimate of drug-likeness (QED) is 0.0919. The van der Waals surface area contributed by atoms with Crippen LogP contribution in [0.1, 0.15) is 122 Å². The van der Waals surface area contributed by atoms with Crippen LogP contribution in [-0.4, -0.2) is 64.5 Å². The maximum absolute atomic E-state index is 11.1. The van der Waals surface area contributed by atoms with E-state index in [1.807, 2.05) is 0 Å². The van der Waals surface area contributed by atoms with Crippen LogP contribution in [0.5, 0.6) is 0 Å². The number of rotatable bonds is 26. The second-order valence-corrected chi connectivity index (χ2v) is 11.0. The topological polar surface area (TPSA) is 48.0 Å². The molecule has 0 aromatic heterocycles. The lowest BCUT2D eigenvalue weighted by atomic mass is 10.0. The minimum atomic E-state index is -0.0658. The van der Waals surface area contributed by atoms with E-state index in [1.54, 1.807) is 0 Å². The molecule has 0 aromatic rings. The first-order chi connectivity index (χ1) is 17.1. The Morgan fingerprint density at radius 3 is 1.74 bits per heavy atom. The summed E-state index contributed by atoms with van der Waals surface area (Å²) in [4.78, 5) is 13.3. The molecule has 1 saturated carbocycles. The predicted octanol–water partition coefficient (Wildman–Crippen LogP) is 7.41. The summed E-state index contributed by atoms with van der Waals surface area (Å²) in [6.45, 7) is 5.57. The number of carbonyl (C=O) groups excluding carboxylic acids is 1. The molecule has 5 heteroatoms. The largest absolute Gasteiger partial charge is 0.469 e. The van der Waals surface area contributed by atoms with Gasteiger partial charge in [0, 0.05) is 19.6 Å². The van der Waals surface area contributed by atoms with Crippen LogP contribution < -0.4 is 0 Å². The highest BCUT2D eigenvalue weighted by Crippen LogP contribution is 2.45. The smallest absolute Gasteiger partial charge is 0.305 e. The molecule has 0 spiro atoms. The molecule has 1 rings (SSSR count). The van der Waals surface area contributed by atoms with Crippen LogP contribution in [0.3, 0.4) is 0 Å². The maximum atomic E-state index is 11.1. The molecule has 3 unspecified atom stereocenters. The van der Waals surface area contributed by atoms with E-state index in [9.17, 15) is 4.79 Å². The van der Waals surface area contributed by atoms with Gasteiger partial charge >= 0.3 is 5.97 Å². The van der Waals surface area contributed by atoms with Crippen LogP contribution in [0.2, 0.25) is 0 Å². The Balaban J connectivity index is 1.84. The number of ether oxygens (including phenoxy) is 3. The fraction of sp³-hybridized carbons (Fsp3) is 0.967. The fourth-order valence-electron chi connectivity index (χ4n) is 4.88. The molecular weight excluding hydrogens is 438 g/mol. The summed E-state index contributed by atoms with van der Waals surface area (Å²) in [7, 11) is 5.72. The average Bonchev–Trinajstić information content (AvgIpc) is 3.60. The molecule has 0 amide bonds. The van der Waals surface area contributed by atoms with Crippen molar-refractivity contribution in [3.8, 4) is 0 Å². The molecule has 0 bridgehead atoms. The first-order valence-corrected chi connectivity index (χ1v) is 15.0. The molecule has 5 nitrogen and oxygen atoms in total. The van der Waals surface area contributed by atoms with Crippen molar-refractivity contribution < 1.29 is 19.0 Å². The average molecular weight is 498 g/mol. The number of likely N-dealkylation sites (N-methyl/N-ethyl adjacent to an activating group) is 1. The van der Waals surface area contributed by atoms with Gasteiger partial charge in [0.15, 0.2) is 0 Å². The van der Waals surface area contributed by atoms with Gasteiger partial charge in [-0.05, 0) is 51.6 Å². The normalized spacial score (nSPS) is 18.2. The fourth-order valence-corrected chi connectivity index (χ4v) is 4.88. The number of esters is 1. The van der Waals surface area contributed by atoms with E-state index in [1.165, 1.54) is 110 Å². The lowest BCUT2D eigenvalue weighted by Crippen LogP contribution is -2.37. The molecule has 0 N–H and O–H groups in total. The number of hydrogen-bond donors (Lipinski definition) is 0. The second-order valence-electron chi connectivity index (χ2n) is 11.0. The molecule has 0 saturated heterocycles. The Kier molecular flexibility index (Phi) is 20.9. The molecule has 0 radical (unpaired) electrons. The van der Waals surface area contributed by atoms with Crippen molar-refractivity contribution in [1.29, 1.82) is 0 Å². The number of unbranched alkanes of at least 4 members (excludes halogenated alkanes) is 11. The summed E-state index contributed by atoms with van der Waals surface area (Å²) in [6, 6.07) is 0.358. The first-order valence-electron chi connectivity index (χ1n) is 15.0. The highest BCUT2D eigenvalue weighted by atomic mass is 16.5. The molecule has 0 aliphatic heterocycles. The summed E-state index contributed by atoms with van der Waals surface area (Å²) in [5.74, 6) is 1.91. The van der Waals surface area contributed by atoms with Crippen molar-refractivity contribution in [1.82, 2.24) is 4.90 Å². The van der Waals surface area contributed by atoms with Crippen LogP contribution >= 0.6 is 0 Å². The molecule has 1 aliphatic rings. The molecule has 1 aliphatic carbocycles. The van der Waals surface area contributed by atoms with E-state index in [0.29, 0.717) is 12.5 Å². The van der Waals surface area contributed by atoms with E-state index < -0.39 is 0 Å². The van der Waals surface area contributed by atoms with Crippen LogP contribution in [0.15, 0.2) is 0 Å². The SMILES string of the molecule is CCCCCCCOCC(COCCCCCCCCC1CC1CCCCCC(=O)OC)N(C)C. The van der Waals surface area contributed by atoms with Gasteiger partial charge in [0.1, 0.15) is 0 Å². The lowest BCUT2D eigenvalue weighted by molar-refractivity contribution is -0.140. The van der Waals surface area contributed by atoms with Gasteiger partial charge in [-0.25, -0.2) is 0 Å². The van der Waals surface area contributed by atoms with Crippen LogP contribution in [-0.2, 0) is 19.0 Å². The van der Waals surface area contributed by atoms with E-state index in [2.05, 4.69) is 25.9 Å².